The zero-order valence-corrected chi connectivity index (χ0v) is 11.3. The number of hydrogen-bond donors (Lipinski definition) is 0. The Hall–Kier alpha value is -2.10. The van der Waals surface area contributed by atoms with Crippen molar-refractivity contribution in [2.24, 2.45) is 0 Å². The molecule has 0 spiro atoms. The monoisotopic (exact) mass is 259 g/mol. The summed E-state index contributed by atoms with van der Waals surface area (Å²) in [6, 6.07) is 9.03. The highest BCUT2D eigenvalue weighted by Crippen LogP contribution is 2.41. The third kappa shape index (κ3) is 2.38. The van der Waals surface area contributed by atoms with Crippen molar-refractivity contribution in [2.75, 3.05) is 0 Å². The summed E-state index contributed by atoms with van der Waals surface area (Å²) in [4.78, 5) is 25.2. The van der Waals surface area contributed by atoms with Gasteiger partial charge in [-0.2, -0.15) is 0 Å². The van der Waals surface area contributed by atoms with Crippen LogP contribution in [0.2, 0.25) is 0 Å². The number of cyclic esters (lactones) is 1. The Morgan fingerprint density at radius 2 is 1.95 bits per heavy atom. The molecule has 100 valence electrons. The molecule has 1 aliphatic rings. The SMILES string of the molecule is C/C=C/C(=O)N1C(=O)OC(C)(C)[C@@H]1c1ccccc1. The van der Waals surface area contributed by atoms with Crippen LogP contribution in [0.4, 0.5) is 4.79 Å². The zero-order chi connectivity index (χ0) is 14.0. The van der Waals surface area contributed by atoms with Gasteiger partial charge in [0.25, 0.3) is 5.91 Å². The minimum Gasteiger partial charge on any atom is -0.440 e. The molecule has 0 aliphatic carbocycles. The largest absolute Gasteiger partial charge is 0.440 e. The van der Waals surface area contributed by atoms with Crippen molar-refractivity contribution in [1.82, 2.24) is 4.90 Å². The van der Waals surface area contributed by atoms with Gasteiger partial charge in [0.15, 0.2) is 0 Å². The first-order chi connectivity index (χ1) is 8.97. The van der Waals surface area contributed by atoms with Crippen LogP contribution in [-0.4, -0.2) is 22.5 Å². The van der Waals surface area contributed by atoms with Crippen LogP contribution < -0.4 is 0 Å². The van der Waals surface area contributed by atoms with Crippen LogP contribution in [0.15, 0.2) is 42.5 Å². The number of imide groups is 1. The molecule has 0 N–H and O–H groups in total. The van der Waals surface area contributed by atoms with Crippen molar-refractivity contribution in [3.63, 3.8) is 0 Å². The first kappa shape index (κ1) is 13.3. The number of carbonyl (C=O) groups is 2. The molecule has 1 heterocycles. The minimum absolute atomic E-state index is 0.355. The van der Waals surface area contributed by atoms with E-state index in [-0.39, 0.29) is 5.91 Å². The second kappa shape index (κ2) is 4.88. The van der Waals surface area contributed by atoms with E-state index in [0.29, 0.717) is 0 Å². The van der Waals surface area contributed by atoms with Crippen molar-refractivity contribution < 1.29 is 14.3 Å². The molecule has 4 nitrogen and oxygen atoms in total. The van der Waals surface area contributed by atoms with E-state index in [9.17, 15) is 9.59 Å². The summed E-state index contributed by atoms with van der Waals surface area (Å²) in [5.74, 6) is -0.355. The Balaban J connectivity index is 2.46. The van der Waals surface area contributed by atoms with E-state index in [4.69, 9.17) is 4.74 Å². The Kier molecular flexibility index (Phi) is 3.42. The number of benzene rings is 1. The summed E-state index contributed by atoms with van der Waals surface area (Å²) in [6.45, 7) is 5.36. The molecule has 1 aliphatic heterocycles. The molecule has 0 bridgehead atoms. The van der Waals surface area contributed by atoms with E-state index in [1.54, 1.807) is 13.0 Å². The molecule has 2 amide bonds. The number of amides is 2. The Bertz CT molecular complexity index is 519. The molecule has 0 radical (unpaired) electrons. The fraction of sp³-hybridized carbons (Fsp3) is 0.333. The summed E-state index contributed by atoms with van der Waals surface area (Å²) < 4.78 is 5.33. The summed E-state index contributed by atoms with van der Waals surface area (Å²) >= 11 is 0. The molecule has 1 fully saturated rings. The van der Waals surface area contributed by atoms with Crippen LogP contribution in [0.5, 0.6) is 0 Å². The number of nitrogens with zero attached hydrogens (tertiary/aromatic N) is 1. The summed E-state index contributed by atoms with van der Waals surface area (Å²) in [6.07, 6.45) is 2.39. The lowest BCUT2D eigenvalue weighted by atomic mass is 9.91. The van der Waals surface area contributed by atoms with Gasteiger partial charge in [-0.3, -0.25) is 4.79 Å². The van der Waals surface area contributed by atoms with Crippen molar-refractivity contribution in [2.45, 2.75) is 32.4 Å². The zero-order valence-electron chi connectivity index (χ0n) is 11.3. The number of rotatable bonds is 2. The Morgan fingerprint density at radius 1 is 1.32 bits per heavy atom. The molecule has 2 rings (SSSR count). The molecule has 1 aromatic rings. The maximum Gasteiger partial charge on any atom is 0.418 e. The third-order valence-electron chi connectivity index (χ3n) is 3.13. The van der Waals surface area contributed by atoms with Crippen LogP contribution in [0.1, 0.15) is 32.4 Å². The molecule has 1 atom stereocenters. The Morgan fingerprint density at radius 3 is 2.53 bits per heavy atom. The minimum atomic E-state index is -0.740. The van der Waals surface area contributed by atoms with Gasteiger partial charge < -0.3 is 4.74 Å². The first-order valence-corrected chi connectivity index (χ1v) is 6.21. The lowest BCUT2D eigenvalue weighted by molar-refractivity contribution is -0.124. The first-order valence-electron chi connectivity index (χ1n) is 6.21. The van der Waals surface area contributed by atoms with Gasteiger partial charge >= 0.3 is 6.09 Å². The fourth-order valence-corrected chi connectivity index (χ4v) is 2.37. The average molecular weight is 259 g/mol. The van der Waals surface area contributed by atoms with Crippen molar-refractivity contribution in [1.29, 1.82) is 0 Å². The van der Waals surface area contributed by atoms with Crippen molar-refractivity contribution >= 4 is 12.0 Å². The summed E-state index contributed by atoms with van der Waals surface area (Å²) in [5, 5.41) is 0. The smallest absolute Gasteiger partial charge is 0.418 e. The van der Waals surface area contributed by atoms with Crippen LogP contribution >= 0.6 is 0 Å². The molecule has 0 unspecified atom stereocenters. The van der Waals surface area contributed by atoms with Crippen LogP contribution in [-0.2, 0) is 9.53 Å². The normalized spacial score (nSPS) is 21.7. The van der Waals surface area contributed by atoms with Gasteiger partial charge in [-0.05, 0) is 32.4 Å². The van der Waals surface area contributed by atoms with Gasteiger partial charge in [-0.15, -0.1) is 0 Å². The van der Waals surface area contributed by atoms with E-state index < -0.39 is 17.7 Å². The van der Waals surface area contributed by atoms with E-state index in [2.05, 4.69) is 0 Å². The van der Waals surface area contributed by atoms with Gasteiger partial charge in [0.2, 0.25) is 0 Å². The Labute approximate surface area is 112 Å². The number of carbonyl (C=O) groups excluding carboxylic acids is 2. The molecule has 1 aromatic carbocycles. The predicted molar refractivity (Wildman–Crippen MR) is 71.4 cm³/mol. The van der Waals surface area contributed by atoms with E-state index in [1.807, 2.05) is 44.2 Å². The van der Waals surface area contributed by atoms with Gasteiger partial charge in [-0.1, -0.05) is 36.4 Å². The summed E-state index contributed by atoms with van der Waals surface area (Å²) in [5.41, 5.74) is 0.145. The van der Waals surface area contributed by atoms with E-state index >= 15 is 0 Å². The number of ether oxygens (including phenoxy) is 1. The highest BCUT2D eigenvalue weighted by molar-refractivity contribution is 6.00. The summed E-state index contributed by atoms with van der Waals surface area (Å²) in [7, 11) is 0. The van der Waals surface area contributed by atoms with Crippen molar-refractivity contribution in [3.8, 4) is 0 Å². The second-order valence-electron chi connectivity index (χ2n) is 4.99. The lowest BCUT2D eigenvalue weighted by Gasteiger charge is -2.27. The van der Waals surface area contributed by atoms with E-state index in [0.717, 1.165) is 5.56 Å². The van der Waals surface area contributed by atoms with Gasteiger partial charge in [0.05, 0.1) is 0 Å². The topological polar surface area (TPSA) is 46.6 Å². The molecular formula is C15H17NO3. The molecule has 4 heteroatoms. The second-order valence-corrected chi connectivity index (χ2v) is 4.99. The number of allylic oxidation sites excluding steroid dienone is 1. The quantitative estimate of drug-likeness (QED) is 0.767. The molecular weight excluding hydrogens is 242 g/mol. The maximum absolute atomic E-state index is 12.1. The third-order valence-corrected chi connectivity index (χ3v) is 3.13. The van der Waals surface area contributed by atoms with E-state index in [1.165, 1.54) is 11.0 Å². The number of hydrogen-bond acceptors (Lipinski definition) is 3. The lowest BCUT2D eigenvalue weighted by Crippen LogP contribution is -2.37. The van der Waals surface area contributed by atoms with Crippen LogP contribution in [0, 0.1) is 0 Å². The van der Waals surface area contributed by atoms with Crippen LogP contribution in [0.3, 0.4) is 0 Å². The highest BCUT2D eigenvalue weighted by Gasteiger charge is 2.50. The molecule has 0 aromatic heterocycles. The fourth-order valence-electron chi connectivity index (χ4n) is 2.37. The molecule has 19 heavy (non-hydrogen) atoms. The molecule has 0 saturated carbocycles. The standard InChI is InChI=1S/C15H17NO3/c1-4-8-12(17)16-13(11-9-6-5-7-10-11)15(2,3)19-14(16)18/h4-10,13H,1-3H3/b8-4+/t13-/m0/s1. The van der Waals surface area contributed by atoms with Crippen molar-refractivity contribution in [3.05, 3.63) is 48.0 Å². The average Bonchev–Trinajstić information content (AvgIpc) is 2.60. The maximum atomic E-state index is 12.1. The van der Waals surface area contributed by atoms with Gasteiger partial charge in [0, 0.05) is 0 Å². The van der Waals surface area contributed by atoms with Gasteiger partial charge in [0.1, 0.15) is 11.6 Å². The highest BCUT2D eigenvalue weighted by atomic mass is 16.6. The molecule has 1 saturated heterocycles. The van der Waals surface area contributed by atoms with Gasteiger partial charge in [-0.25, -0.2) is 9.69 Å². The predicted octanol–water partition coefficient (Wildman–Crippen LogP) is 3.06. The van der Waals surface area contributed by atoms with Crippen LogP contribution in [0.25, 0.3) is 0 Å².